The number of imidazole rings is 1. The molecule has 1 aromatic heterocycles. The molecule has 5 heteroatoms. The fourth-order valence-electron chi connectivity index (χ4n) is 1.59. The van der Waals surface area contributed by atoms with Gasteiger partial charge in [0.05, 0.1) is 0 Å². The maximum Gasteiger partial charge on any atom is 0.106 e. The molecule has 0 saturated heterocycles. The molecule has 0 aliphatic carbocycles. The van der Waals surface area contributed by atoms with E-state index in [0.29, 0.717) is 0 Å². The van der Waals surface area contributed by atoms with Crippen LogP contribution in [0.15, 0.2) is 35.1 Å². The first-order valence-electron chi connectivity index (χ1n) is 5.53. The van der Waals surface area contributed by atoms with Crippen molar-refractivity contribution in [3.8, 4) is 0 Å². The molecular weight excluding hydrogens is 280 g/mol. The van der Waals surface area contributed by atoms with Gasteiger partial charge in [-0.2, -0.15) is 0 Å². The van der Waals surface area contributed by atoms with Crippen LogP contribution in [0.1, 0.15) is 12.2 Å². The van der Waals surface area contributed by atoms with Gasteiger partial charge in [-0.1, -0.05) is 0 Å². The largest absolute Gasteiger partial charge is 0.399 e. The zero-order valence-electron chi connectivity index (χ0n) is 9.41. The Hall–Kier alpha value is -1.49. The molecule has 0 saturated carbocycles. The SMILES string of the molecule is Nc1ccc(NCCCc2ncc[nH]2)c(Br)c1. The fraction of sp³-hybridized carbons (Fsp3) is 0.250. The van der Waals surface area contributed by atoms with Crippen LogP contribution in [-0.4, -0.2) is 16.5 Å². The number of hydrogen-bond donors (Lipinski definition) is 3. The van der Waals surface area contributed by atoms with Gasteiger partial charge >= 0.3 is 0 Å². The van der Waals surface area contributed by atoms with E-state index in [9.17, 15) is 0 Å². The van der Waals surface area contributed by atoms with Crippen LogP contribution in [0.3, 0.4) is 0 Å². The number of nitrogens with two attached hydrogens (primary N) is 1. The van der Waals surface area contributed by atoms with Crippen LogP contribution in [0, 0.1) is 0 Å². The molecule has 2 rings (SSSR count). The third kappa shape index (κ3) is 3.49. The Kier molecular flexibility index (Phi) is 4.03. The van der Waals surface area contributed by atoms with Gasteiger partial charge < -0.3 is 16.0 Å². The number of anilines is 2. The van der Waals surface area contributed by atoms with Crippen molar-refractivity contribution in [2.75, 3.05) is 17.6 Å². The molecule has 0 aliphatic heterocycles. The van der Waals surface area contributed by atoms with E-state index in [1.807, 2.05) is 24.4 Å². The number of rotatable bonds is 5. The molecule has 1 aromatic carbocycles. The highest BCUT2D eigenvalue weighted by atomic mass is 79.9. The Morgan fingerprint density at radius 2 is 2.29 bits per heavy atom. The Bertz CT molecular complexity index is 467. The molecule has 0 atom stereocenters. The molecule has 0 radical (unpaired) electrons. The van der Waals surface area contributed by atoms with Gasteiger partial charge in [0.15, 0.2) is 0 Å². The number of aryl methyl sites for hydroxylation is 1. The Morgan fingerprint density at radius 3 is 3.00 bits per heavy atom. The molecule has 4 nitrogen and oxygen atoms in total. The van der Waals surface area contributed by atoms with Gasteiger partial charge in [-0.3, -0.25) is 0 Å². The molecule has 0 unspecified atom stereocenters. The summed E-state index contributed by atoms with van der Waals surface area (Å²) in [5, 5.41) is 3.36. The first-order valence-corrected chi connectivity index (χ1v) is 6.32. The van der Waals surface area contributed by atoms with E-state index < -0.39 is 0 Å². The molecule has 2 aromatic rings. The topological polar surface area (TPSA) is 66.7 Å². The summed E-state index contributed by atoms with van der Waals surface area (Å²) >= 11 is 3.48. The normalized spacial score (nSPS) is 10.4. The summed E-state index contributed by atoms with van der Waals surface area (Å²) in [6.45, 7) is 0.906. The minimum atomic E-state index is 0.762. The van der Waals surface area contributed by atoms with Crippen LogP contribution in [0.2, 0.25) is 0 Å². The van der Waals surface area contributed by atoms with Crippen LogP contribution in [0.25, 0.3) is 0 Å². The van der Waals surface area contributed by atoms with Gasteiger partial charge in [-0.05, 0) is 40.5 Å². The average Bonchev–Trinajstić information content (AvgIpc) is 2.79. The highest BCUT2D eigenvalue weighted by molar-refractivity contribution is 9.10. The number of nitrogens with zero attached hydrogens (tertiary/aromatic N) is 1. The van der Waals surface area contributed by atoms with E-state index in [-0.39, 0.29) is 0 Å². The predicted octanol–water partition coefficient (Wildman–Crippen LogP) is 2.80. The van der Waals surface area contributed by atoms with Crippen molar-refractivity contribution in [2.24, 2.45) is 0 Å². The molecule has 90 valence electrons. The van der Waals surface area contributed by atoms with Gasteiger partial charge in [0.2, 0.25) is 0 Å². The summed E-state index contributed by atoms with van der Waals surface area (Å²) in [5.74, 6) is 1.03. The smallest absolute Gasteiger partial charge is 0.106 e. The molecule has 4 N–H and O–H groups in total. The molecular formula is C12H15BrN4. The molecule has 0 bridgehead atoms. The van der Waals surface area contributed by atoms with Crippen molar-refractivity contribution < 1.29 is 0 Å². The van der Waals surface area contributed by atoms with Gasteiger partial charge in [0, 0.05) is 41.2 Å². The lowest BCUT2D eigenvalue weighted by Gasteiger charge is -2.08. The maximum absolute atomic E-state index is 5.68. The minimum Gasteiger partial charge on any atom is -0.399 e. The number of halogens is 1. The summed E-state index contributed by atoms with van der Waals surface area (Å²) in [4.78, 5) is 7.27. The molecule has 0 spiro atoms. The van der Waals surface area contributed by atoms with Crippen molar-refractivity contribution >= 4 is 27.3 Å². The van der Waals surface area contributed by atoms with Gasteiger partial charge in [-0.25, -0.2) is 4.98 Å². The van der Waals surface area contributed by atoms with Crippen molar-refractivity contribution in [1.29, 1.82) is 0 Å². The van der Waals surface area contributed by atoms with Crippen LogP contribution in [0.5, 0.6) is 0 Å². The highest BCUT2D eigenvalue weighted by Gasteiger charge is 1.99. The van der Waals surface area contributed by atoms with Crippen LogP contribution >= 0.6 is 15.9 Å². The number of benzene rings is 1. The molecule has 17 heavy (non-hydrogen) atoms. The first kappa shape index (κ1) is 12.0. The summed E-state index contributed by atoms with van der Waals surface area (Å²) < 4.78 is 0.996. The predicted molar refractivity (Wildman–Crippen MR) is 74.0 cm³/mol. The lowest BCUT2D eigenvalue weighted by Crippen LogP contribution is -2.04. The van der Waals surface area contributed by atoms with Gasteiger partial charge in [0.25, 0.3) is 0 Å². The van der Waals surface area contributed by atoms with E-state index in [0.717, 1.165) is 41.1 Å². The van der Waals surface area contributed by atoms with E-state index in [1.165, 1.54) is 0 Å². The zero-order valence-corrected chi connectivity index (χ0v) is 11.0. The highest BCUT2D eigenvalue weighted by Crippen LogP contribution is 2.24. The summed E-state index contributed by atoms with van der Waals surface area (Å²) in [6, 6.07) is 5.76. The number of nitrogen functional groups attached to an aromatic ring is 1. The summed E-state index contributed by atoms with van der Waals surface area (Å²) in [5.41, 5.74) is 7.51. The summed E-state index contributed by atoms with van der Waals surface area (Å²) in [6.07, 6.45) is 5.61. The Balaban J connectivity index is 1.78. The lowest BCUT2D eigenvalue weighted by molar-refractivity contribution is 0.816. The average molecular weight is 295 g/mol. The molecule has 0 aliphatic rings. The van der Waals surface area contributed by atoms with Crippen molar-refractivity contribution in [3.05, 3.63) is 40.9 Å². The van der Waals surface area contributed by atoms with E-state index in [1.54, 1.807) is 6.20 Å². The third-order valence-corrected chi connectivity index (χ3v) is 3.11. The van der Waals surface area contributed by atoms with Crippen molar-refractivity contribution in [1.82, 2.24) is 9.97 Å². The minimum absolute atomic E-state index is 0.762. The second-order valence-electron chi connectivity index (χ2n) is 3.81. The lowest BCUT2D eigenvalue weighted by atomic mass is 10.2. The number of H-pyrrole nitrogens is 1. The number of aromatic amines is 1. The van der Waals surface area contributed by atoms with Gasteiger partial charge in [-0.15, -0.1) is 0 Å². The van der Waals surface area contributed by atoms with Crippen LogP contribution in [-0.2, 0) is 6.42 Å². The Labute approximate surface area is 109 Å². The maximum atomic E-state index is 5.68. The first-order chi connectivity index (χ1) is 8.25. The Morgan fingerprint density at radius 1 is 1.41 bits per heavy atom. The zero-order chi connectivity index (χ0) is 12.1. The standard InChI is InChI=1S/C12H15BrN4/c13-10-8-9(14)3-4-11(10)15-5-1-2-12-16-6-7-17-12/h3-4,6-8,15H,1-2,5,14H2,(H,16,17). The van der Waals surface area contributed by atoms with Crippen LogP contribution in [0.4, 0.5) is 11.4 Å². The fourth-order valence-corrected chi connectivity index (χ4v) is 2.12. The van der Waals surface area contributed by atoms with E-state index >= 15 is 0 Å². The number of aromatic nitrogens is 2. The van der Waals surface area contributed by atoms with Crippen LogP contribution < -0.4 is 11.1 Å². The summed E-state index contributed by atoms with van der Waals surface area (Å²) in [7, 11) is 0. The molecule has 0 amide bonds. The van der Waals surface area contributed by atoms with E-state index in [2.05, 4.69) is 31.2 Å². The molecule has 0 fully saturated rings. The molecule has 1 heterocycles. The second-order valence-corrected chi connectivity index (χ2v) is 4.66. The van der Waals surface area contributed by atoms with Crippen molar-refractivity contribution in [2.45, 2.75) is 12.8 Å². The number of hydrogen-bond acceptors (Lipinski definition) is 3. The number of nitrogens with one attached hydrogen (secondary N) is 2. The quantitative estimate of drug-likeness (QED) is 0.587. The monoisotopic (exact) mass is 294 g/mol. The third-order valence-electron chi connectivity index (χ3n) is 2.45. The van der Waals surface area contributed by atoms with Gasteiger partial charge in [0.1, 0.15) is 5.82 Å². The van der Waals surface area contributed by atoms with E-state index in [4.69, 9.17) is 5.73 Å². The second kappa shape index (κ2) is 5.72. The van der Waals surface area contributed by atoms with Crippen molar-refractivity contribution in [3.63, 3.8) is 0 Å².